The molecule has 0 heterocycles. The van der Waals surface area contributed by atoms with Gasteiger partial charge < -0.3 is 5.32 Å². The number of rotatable bonds is 4. The van der Waals surface area contributed by atoms with E-state index in [1.54, 1.807) is 0 Å². The Bertz CT molecular complexity index is 343. The van der Waals surface area contributed by atoms with Gasteiger partial charge in [-0.25, -0.2) is 0 Å². The van der Waals surface area contributed by atoms with Crippen molar-refractivity contribution in [1.82, 2.24) is 5.32 Å². The molecule has 3 unspecified atom stereocenters. The minimum Gasteiger partial charge on any atom is -0.349 e. The maximum atomic E-state index is 11.8. The lowest BCUT2D eigenvalue weighted by Gasteiger charge is -2.21. The molecule has 2 bridgehead atoms. The fourth-order valence-electron chi connectivity index (χ4n) is 3.38. The molecule has 2 rings (SSSR count). The minimum atomic E-state index is -0.361. The number of fused-ring (bicyclic) bond motifs is 2. The average molecular weight is 251 g/mol. The highest BCUT2D eigenvalue weighted by atomic mass is 16.2. The first-order valence-electron chi connectivity index (χ1n) is 7.16. The molecule has 0 aromatic heterocycles. The molecule has 18 heavy (non-hydrogen) atoms. The summed E-state index contributed by atoms with van der Waals surface area (Å²) in [5.41, 5.74) is -0.361. The van der Waals surface area contributed by atoms with Crippen LogP contribution in [0, 0.1) is 23.2 Å². The van der Waals surface area contributed by atoms with Gasteiger partial charge in [0.1, 0.15) is 0 Å². The van der Waals surface area contributed by atoms with Gasteiger partial charge >= 0.3 is 0 Å². The molecule has 1 amide bonds. The van der Waals surface area contributed by atoms with Gasteiger partial charge in [0.25, 0.3) is 0 Å². The van der Waals surface area contributed by atoms with Crippen molar-refractivity contribution in [2.75, 3.05) is 6.54 Å². The highest BCUT2D eigenvalue weighted by molar-refractivity contribution is 5.89. The fraction of sp³-hybridized carbons (Fsp3) is 0.867. The Morgan fingerprint density at radius 1 is 1.17 bits per heavy atom. The van der Waals surface area contributed by atoms with Crippen LogP contribution in [-0.4, -0.2) is 18.2 Å². The Labute approximate surface area is 110 Å². The van der Waals surface area contributed by atoms with Crippen molar-refractivity contribution in [3.8, 4) is 0 Å². The average Bonchev–Trinajstić information content (AvgIpc) is 2.86. The molecular weight excluding hydrogens is 226 g/mol. The molecule has 2 aliphatic rings. The van der Waals surface area contributed by atoms with Crippen LogP contribution in [0.2, 0.25) is 0 Å². The van der Waals surface area contributed by atoms with E-state index in [4.69, 9.17) is 0 Å². The molecule has 2 saturated carbocycles. The largest absolute Gasteiger partial charge is 0.349 e. The van der Waals surface area contributed by atoms with E-state index in [1.807, 2.05) is 20.8 Å². The third-order valence-electron chi connectivity index (χ3n) is 4.61. The smallest absolute Gasteiger partial charge is 0.220 e. The number of nitrogens with one attached hydrogen (secondary N) is 1. The summed E-state index contributed by atoms with van der Waals surface area (Å²) in [7, 11) is 0. The van der Waals surface area contributed by atoms with Crippen LogP contribution >= 0.6 is 0 Å². The van der Waals surface area contributed by atoms with Gasteiger partial charge in [0.2, 0.25) is 5.91 Å². The molecule has 2 aliphatic carbocycles. The summed E-state index contributed by atoms with van der Waals surface area (Å²) in [5, 5.41) is 2.79. The van der Waals surface area contributed by atoms with Gasteiger partial charge in [-0.3, -0.25) is 9.59 Å². The van der Waals surface area contributed by atoms with Crippen LogP contribution in [0.5, 0.6) is 0 Å². The molecule has 0 spiro atoms. The molecule has 1 N–H and O–H groups in total. The number of amides is 1. The van der Waals surface area contributed by atoms with E-state index < -0.39 is 0 Å². The lowest BCUT2D eigenvalue weighted by Crippen LogP contribution is -2.36. The van der Waals surface area contributed by atoms with Crippen LogP contribution in [0.15, 0.2) is 0 Å². The predicted molar refractivity (Wildman–Crippen MR) is 71.0 cm³/mol. The topological polar surface area (TPSA) is 46.2 Å². The van der Waals surface area contributed by atoms with Crippen molar-refractivity contribution in [1.29, 1.82) is 0 Å². The van der Waals surface area contributed by atoms with Crippen molar-refractivity contribution in [2.24, 2.45) is 23.2 Å². The van der Waals surface area contributed by atoms with E-state index >= 15 is 0 Å². The summed E-state index contributed by atoms with van der Waals surface area (Å²) < 4.78 is 0. The third-order valence-corrected chi connectivity index (χ3v) is 4.61. The third kappa shape index (κ3) is 3.12. The van der Waals surface area contributed by atoms with Crippen LogP contribution in [0.1, 0.15) is 52.9 Å². The van der Waals surface area contributed by atoms with Crippen LogP contribution in [-0.2, 0) is 9.59 Å². The first-order valence-corrected chi connectivity index (χ1v) is 7.16. The minimum absolute atomic E-state index is 0.0603. The summed E-state index contributed by atoms with van der Waals surface area (Å²) >= 11 is 0. The van der Waals surface area contributed by atoms with E-state index in [1.165, 1.54) is 25.7 Å². The van der Waals surface area contributed by atoms with Gasteiger partial charge in [0.05, 0.1) is 6.54 Å². The predicted octanol–water partition coefficient (Wildman–Crippen LogP) is 2.54. The van der Waals surface area contributed by atoms with Gasteiger partial charge in [-0.05, 0) is 37.0 Å². The molecule has 3 atom stereocenters. The van der Waals surface area contributed by atoms with Crippen LogP contribution in [0.4, 0.5) is 0 Å². The van der Waals surface area contributed by atoms with E-state index in [-0.39, 0.29) is 23.7 Å². The highest BCUT2D eigenvalue weighted by Gasteiger charge is 2.40. The van der Waals surface area contributed by atoms with Crippen LogP contribution in [0.3, 0.4) is 0 Å². The second-order valence-electron chi connectivity index (χ2n) is 7.09. The van der Waals surface area contributed by atoms with Crippen molar-refractivity contribution >= 4 is 11.7 Å². The van der Waals surface area contributed by atoms with Crippen molar-refractivity contribution in [3.63, 3.8) is 0 Å². The van der Waals surface area contributed by atoms with Gasteiger partial charge in [0.15, 0.2) is 5.78 Å². The summed E-state index contributed by atoms with van der Waals surface area (Å²) in [6, 6.07) is 0. The quantitative estimate of drug-likeness (QED) is 0.834. The molecule has 0 aromatic carbocycles. The molecular formula is C15H25NO2. The molecule has 0 aliphatic heterocycles. The second-order valence-corrected chi connectivity index (χ2v) is 7.09. The SMILES string of the molecule is CC(C)(C)C(=O)CNC(=O)CC1CC2CCC1C2. The maximum Gasteiger partial charge on any atom is 0.220 e. The van der Waals surface area contributed by atoms with Crippen molar-refractivity contribution < 1.29 is 9.59 Å². The zero-order valence-corrected chi connectivity index (χ0v) is 11.8. The second kappa shape index (κ2) is 5.02. The van der Waals surface area contributed by atoms with E-state index in [9.17, 15) is 9.59 Å². The number of hydrogen-bond acceptors (Lipinski definition) is 2. The summed E-state index contributed by atoms with van der Waals surface area (Å²) in [6.07, 6.45) is 5.86. The van der Waals surface area contributed by atoms with Crippen molar-refractivity contribution in [2.45, 2.75) is 52.9 Å². The number of hydrogen-bond donors (Lipinski definition) is 1. The number of carbonyl (C=O) groups is 2. The van der Waals surface area contributed by atoms with E-state index in [0.717, 1.165) is 11.8 Å². The van der Waals surface area contributed by atoms with Crippen molar-refractivity contribution in [3.05, 3.63) is 0 Å². The highest BCUT2D eigenvalue weighted by Crippen LogP contribution is 2.49. The van der Waals surface area contributed by atoms with E-state index in [2.05, 4.69) is 5.32 Å². The first kappa shape index (κ1) is 13.6. The number of ketones is 1. The molecule has 102 valence electrons. The summed E-state index contributed by atoms with van der Waals surface area (Å²) in [5.74, 6) is 2.39. The Morgan fingerprint density at radius 3 is 2.39 bits per heavy atom. The molecule has 0 radical (unpaired) electrons. The first-order chi connectivity index (χ1) is 8.36. The molecule has 0 saturated heterocycles. The Balaban J connectivity index is 1.71. The lowest BCUT2D eigenvalue weighted by atomic mass is 9.86. The molecule has 0 aromatic rings. The van der Waals surface area contributed by atoms with Gasteiger partial charge in [0, 0.05) is 11.8 Å². The zero-order valence-electron chi connectivity index (χ0n) is 11.8. The van der Waals surface area contributed by atoms with E-state index in [0.29, 0.717) is 12.3 Å². The van der Waals surface area contributed by atoms with Gasteiger partial charge in [-0.1, -0.05) is 27.2 Å². The molecule has 3 heteroatoms. The zero-order chi connectivity index (χ0) is 13.3. The summed E-state index contributed by atoms with van der Waals surface area (Å²) in [6.45, 7) is 5.84. The number of carbonyl (C=O) groups excluding carboxylic acids is 2. The maximum absolute atomic E-state index is 11.8. The van der Waals surface area contributed by atoms with Crippen LogP contribution < -0.4 is 5.32 Å². The summed E-state index contributed by atoms with van der Waals surface area (Å²) in [4.78, 5) is 23.6. The van der Waals surface area contributed by atoms with Gasteiger partial charge in [-0.2, -0.15) is 0 Å². The Kier molecular flexibility index (Phi) is 3.79. The normalized spacial score (nSPS) is 30.5. The monoisotopic (exact) mass is 251 g/mol. The Morgan fingerprint density at radius 2 is 1.89 bits per heavy atom. The molecule has 3 nitrogen and oxygen atoms in total. The number of Topliss-reactive ketones (excluding diaryl/α,β-unsaturated/α-hetero) is 1. The Hall–Kier alpha value is -0.860. The van der Waals surface area contributed by atoms with Crippen LogP contribution in [0.25, 0.3) is 0 Å². The van der Waals surface area contributed by atoms with Gasteiger partial charge in [-0.15, -0.1) is 0 Å². The molecule has 2 fully saturated rings. The standard InChI is InChI=1S/C15H25NO2/c1-15(2,3)13(17)9-16-14(18)8-12-7-10-4-5-11(12)6-10/h10-12H,4-9H2,1-3H3,(H,16,18). The fourth-order valence-corrected chi connectivity index (χ4v) is 3.38. The lowest BCUT2D eigenvalue weighted by molar-refractivity contribution is -0.129.